The van der Waals surface area contributed by atoms with Crippen LogP contribution in [0.2, 0.25) is 0 Å². The number of hydrazone groups is 1. The molecule has 2 aromatic heterocycles. The van der Waals surface area contributed by atoms with Crippen molar-refractivity contribution in [1.82, 2.24) is 9.97 Å². The second-order valence-electron chi connectivity index (χ2n) is 5.47. The topological polar surface area (TPSA) is 83.2 Å². The Hall–Kier alpha value is -2.98. The normalized spacial score (nSPS) is 11.4. The largest absolute Gasteiger partial charge is 0.479 e. The number of fused-ring (bicyclic) bond motifs is 1. The number of thiophene rings is 1. The molecule has 6 nitrogen and oxygen atoms in total. The summed E-state index contributed by atoms with van der Waals surface area (Å²) in [5, 5.41) is 14.0. The molecular weight excluding hydrogens is 334 g/mol. The van der Waals surface area contributed by atoms with Crippen LogP contribution in [0.5, 0.6) is 5.75 Å². The summed E-state index contributed by atoms with van der Waals surface area (Å²) in [6.45, 7) is 6.11. The fourth-order valence-electron chi connectivity index (χ4n) is 2.38. The number of hydrogen-bond donors (Lipinski definition) is 1. The molecule has 0 saturated carbocycles. The third-order valence-corrected chi connectivity index (χ3v) is 4.99. The van der Waals surface area contributed by atoms with E-state index in [2.05, 4.69) is 34.3 Å². The van der Waals surface area contributed by atoms with Crippen LogP contribution >= 0.6 is 11.3 Å². The first-order valence-corrected chi connectivity index (χ1v) is 8.53. The lowest BCUT2D eigenvalue weighted by atomic mass is 10.1. The van der Waals surface area contributed by atoms with E-state index >= 15 is 0 Å². The molecule has 1 N–H and O–H groups in total. The molecule has 0 radical (unpaired) electrons. The van der Waals surface area contributed by atoms with Gasteiger partial charge in [-0.1, -0.05) is 0 Å². The average Bonchev–Trinajstić information content (AvgIpc) is 2.93. The van der Waals surface area contributed by atoms with Crippen molar-refractivity contribution in [3.63, 3.8) is 0 Å². The van der Waals surface area contributed by atoms with E-state index in [1.54, 1.807) is 17.7 Å². The number of anilines is 1. The first-order valence-electron chi connectivity index (χ1n) is 7.71. The van der Waals surface area contributed by atoms with E-state index in [4.69, 9.17) is 10.00 Å². The average molecular weight is 351 g/mol. The van der Waals surface area contributed by atoms with Gasteiger partial charge >= 0.3 is 0 Å². The Bertz CT molecular complexity index is 970. The molecule has 25 heavy (non-hydrogen) atoms. The van der Waals surface area contributed by atoms with E-state index in [0.717, 1.165) is 21.5 Å². The van der Waals surface area contributed by atoms with Crippen LogP contribution in [0.1, 0.15) is 22.9 Å². The van der Waals surface area contributed by atoms with Gasteiger partial charge in [0.1, 0.15) is 23.0 Å². The number of hydrogen-bond acceptors (Lipinski definition) is 7. The van der Waals surface area contributed by atoms with Crippen molar-refractivity contribution >= 4 is 33.1 Å². The molecule has 0 unspecified atom stereocenters. The minimum atomic E-state index is 0.0388. The minimum absolute atomic E-state index is 0.0388. The van der Waals surface area contributed by atoms with Gasteiger partial charge in [0.05, 0.1) is 11.1 Å². The molecule has 0 atom stereocenters. The summed E-state index contributed by atoms with van der Waals surface area (Å²) in [4.78, 5) is 10.8. The maximum absolute atomic E-state index is 8.53. The number of nitrogens with zero attached hydrogens (tertiary/aromatic N) is 4. The molecule has 0 amide bonds. The summed E-state index contributed by atoms with van der Waals surface area (Å²) in [6.07, 6.45) is 1.55. The van der Waals surface area contributed by atoms with Gasteiger partial charge in [-0.15, -0.1) is 11.3 Å². The number of rotatable bonds is 5. The molecule has 0 aliphatic heterocycles. The van der Waals surface area contributed by atoms with Gasteiger partial charge in [0, 0.05) is 4.88 Å². The molecule has 1 aromatic carbocycles. The molecule has 126 valence electrons. The molecular formula is C18H17N5OS. The SMILES string of the molecule is C/C(=N/Nc1ncnc2sc(C)c(C)c12)c1ccc(OCC#N)cc1. The molecule has 3 rings (SSSR count). The molecule has 0 aliphatic rings. The van der Waals surface area contributed by atoms with Crippen LogP contribution in [0.4, 0.5) is 5.82 Å². The second kappa shape index (κ2) is 7.28. The first kappa shape index (κ1) is 16.9. The van der Waals surface area contributed by atoms with Crippen LogP contribution < -0.4 is 10.2 Å². The predicted molar refractivity (Wildman–Crippen MR) is 100 cm³/mol. The summed E-state index contributed by atoms with van der Waals surface area (Å²) in [5.41, 5.74) is 6.02. The Labute approximate surface area is 149 Å². The highest BCUT2D eigenvalue weighted by Gasteiger charge is 2.11. The minimum Gasteiger partial charge on any atom is -0.479 e. The van der Waals surface area contributed by atoms with Crippen molar-refractivity contribution in [3.8, 4) is 11.8 Å². The predicted octanol–water partition coefficient (Wildman–Crippen LogP) is 4.05. The molecule has 0 spiro atoms. The smallest absolute Gasteiger partial charge is 0.174 e. The van der Waals surface area contributed by atoms with E-state index in [1.807, 2.05) is 37.3 Å². The highest BCUT2D eigenvalue weighted by atomic mass is 32.1. The van der Waals surface area contributed by atoms with Gasteiger partial charge in [-0.05, 0) is 56.2 Å². The van der Waals surface area contributed by atoms with Crippen molar-refractivity contribution < 1.29 is 4.74 Å². The Morgan fingerprint density at radius 2 is 2.04 bits per heavy atom. The summed E-state index contributed by atoms with van der Waals surface area (Å²) < 4.78 is 5.25. The summed E-state index contributed by atoms with van der Waals surface area (Å²) in [6, 6.07) is 9.40. The molecule has 0 bridgehead atoms. The zero-order valence-corrected chi connectivity index (χ0v) is 15.0. The van der Waals surface area contributed by atoms with Gasteiger partial charge in [-0.3, -0.25) is 5.43 Å². The number of aromatic nitrogens is 2. The van der Waals surface area contributed by atoms with E-state index < -0.39 is 0 Å². The number of ether oxygens (including phenoxy) is 1. The van der Waals surface area contributed by atoms with Crippen LogP contribution in [0.3, 0.4) is 0 Å². The molecule has 3 aromatic rings. The standard InChI is InChI=1S/C18H17N5OS/c1-11-13(3)25-18-16(11)17(20-10-21-18)23-22-12(2)14-4-6-15(7-5-14)24-9-8-19/h4-7,10H,9H2,1-3H3,(H,20,21,23)/b22-12-. The second-order valence-corrected chi connectivity index (χ2v) is 6.67. The Morgan fingerprint density at radius 3 is 2.76 bits per heavy atom. The van der Waals surface area contributed by atoms with Gasteiger partial charge < -0.3 is 4.74 Å². The van der Waals surface area contributed by atoms with Crippen molar-refractivity contribution in [1.29, 1.82) is 5.26 Å². The monoisotopic (exact) mass is 351 g/mol. The van der Waals surface area contributed by atoms with Gasteiger partial charge in [-0.2, -0.15) is 10.4 Å². The van der Waals surface area contributed by atoms with Gasteiger partial charge in [-0.25, -0.2) is 9.97 Å². The maximum atomic E-state index is 8.53. The third kappa shape index (κ3) is 3.59. The fourth-order valence-corrected chi connectivity index (χ4v) is 3.37. The zero-order valence-electron chi connectivity index (χ0n) is 14.2. The highest BCUT2D eigenvalue weighted by molar-refractivity contribution is 7.18. The van der Waals surface area contributed by atoms with Crippen LogP contribution in [0.15, 0.2) is 35.7 Å². The lowest BCUT2D eigenvalue weighted by molar-refractivity contribution is 0.368. The van der Waals surface area contributed by atoms with Crippen molar-refractivity contribution in [2.45, 2.75) is 20.8 Å². The summed E-state index contributed by atoms with van der Waals surface area (Å²) in [5.74, 6) is 1.37. The number of benzene rings is 1. The third-order valence-electron chi connectivity index (χ3n) is 3.87. The quantitative estimate of drug-likeness (QED) is 0.554. The van der Waals surface area contributed by atoms with Gasteiger partial charge in [0.2, 0.25) is 0 Å². The molecule has 7 heteroatoms. The van der Waals surface area contributed by atoms with Crippen LogP contribution in [0.25, 0.3) is 10.2 Å². The first-order chi connectivity index (χ1) is 12.1. The summed E-state index contributed by atoms with van der Waals surface area (Å²) in [7, 11) is 0. The maximum Gasteiger partial charge on any atom is 0.174 e. The number of aryl methyl sites for hydroxylation is 2. The van der Waals surface area contributed by atoms with Crippen LogP contribution in [-0.4, -0.2) is 22.3 Å². The molecule has 0 aliphatic carbocycles. The fraction of sp³-hybridized carbons (Fsp3) is 0.222. The molecule has 2 heterocycles. The Balaban J connectivity index is 1.81. The van der Waals surface area contributed by atoms with E-state index in [1.165, 1.54) is 10.4 Å². The highest BCUT2D eigenvalue weighted by Crippen LogP contribution is 2.32. The number of nitriles is 1. The van der Waals surface area contributed by atoms with Crippen LogP contribution in [-0.2, 0) is 0 Å². The van der Waals surface area contributed by atoms with Crippen molar-refractivity contribution in [2.75, 3.05) is 12.0 Å². The molecule has 0 saturated heterocycles. The van der Waals surface area contributed by atoms with E-state index in [-0.39, 0.29) is 6.61 Å². The zero-order chi connectivity index (χ0) is 17.8. The lowest BCUT2D eigenvalue weighted by Gasteiger charge is -2.06. The van der Waals surface area contributed by atoms with Crippen molar-refractivity contribution in [3.05, 3.63) is 46.6 Å². The lowest BCUT2D eigenvalue weighted by Crippen LogP contribution is -2.02. The molecule has 0 fully saturated rings. The van der Waals surface area contributed by atoms with Gasteiger partial charge in [0.25, 0.3) is 0 Å². The Kier molecular flexibility index (Phi) is 4.91. The van der Waals surface area contributed by atoms with Crippen LogP contribution in [0, 0.1) is 25.2 Å². The summed E-state index contributed by atoms with van der Waals surface area (Å²) >= 11 is 1.66. The van der Waals surface area contributed by atoms with Gasteiger partial charge in [0.15, 0.2) is 12.4 Å². The van der Waals surface area contributed by atoms with Crippen molar-refractivity contribution in [2.24, 2.45) is 5.10 Å². The van der Waals surface area contributed by atoms with E-state index in [9.17, 15) is 0 Å². The number of nitrogens with one attached hydrogen (secondary N) is 1. The Morgan fingerprint density at radius 1 is 1.28 bits per heavy atom. The van der Waals surface area contributed by atoms with E-state index in [0.29, 0.717) is 11.6 Å².